The van der Waals surface area contributed by atoms with Crippen molar-refractivity contribution in [1.29, 1.82) is 0 Å². The Morgan fingerprint density at radius 2 is 1.38 bits per heavy atom. The standard InChI is InChI=1S/C6H9NO6/c8-4(9)1-7(2-5(10)11)3-6(12)13/h1-3H2,(H,8,9)(H,10,11)(H,12,13)/p-1. The van der Waals surface area contributed by atoms with Crippen LogP contribution in [0.25, 0.3) is 0 Å². The Morgan fingerprint density at radius 3 is 1.62 bits per heavy atom. The highest BCUT2D eigenvalue weighted by Gasteiger charge is 2.12. The van der Waals surface area contributed by atoms with Gasteiger partial charge >= 0.3 is 11.9 Å². The van der Waals surface area contributed by atoms with Gasteiger partial charge in [-0.1, -0.05) is 0 Å². The van der Waals surface area contributed by atoms with E-state index in [0.29, 0.717) is 0 Å². The van der Waals surface area contributed by atoms with Gasteiger partial charge in [0.05, 0.1) is 19.1 Å². The van der Waals surface area contributed by atoms with E-state index in [-0.39, 0.29) is 0 Å². The molecule has 74 valence electrons. The molecule has 0 heterocycles. The summed E-state index contributed by atoms with van der Waals surface area (Å²) in [6, 6.07) is 0. The first kappa shape index (κ1) is 11.4. The lowest BCUT2D eigenvalue weighted by molar-refractivity contribution is -0.306. The second kappa shape index (κ2) is 5.09. The second-order valence-corrected chi connectivity index (χ2v) is 2.30. The Kier molecular flexibility index (Phi) is 4.45. The summed E-state index contributed by atoms with van der Waals surface area (Å²) in [7, 11) is 0. The van der Waals surface area contributed by atoms with Gasteiger partial charge in [-0.3, -0.25) is 14.5 Å². The van der Waals surface area contributed by atoms with Crippen LogP contribution in [0.1, 0.15) is 0 Å². The molecule has 0 spiro atoms. The van der Waals surface area contributed by atoms with Crippen LogP contribution >= 0.6 is 0 Å². The van der Waals surface area contributed by atoms with Gasteiger partial charge < -0.3 is 20.1 Å². The molecule has 0 fully saturated rings. The molecule has 0 rings (SSSR count). The van der Waals surface area contributed by atoms with Gasteiger partial charge in [-0.15, -0.1) is 0 Å². The Morgan fingerprint density at radius 1 is 1.00 bits per heavy atom. The minimum absolute atomic E-state index is 0.639. The molecule has 0 aliphatic rings. The maximum Gasteiger partial charge on any atom is 0.317 e. The van der Waals surface area contributed by atoms with E-state index in [1.54, 1.807) is 0 Å². The molecule has 0 aliphatic heterocycles. The van der Waals surface area contributed by atoms with Crippen molar-refractivity contribution in [2.45, 2.75) is 0 Å². The molecule has 0 aromatic rings. The predicted molar refractivity (Wildman–Crippen MR) is 36.7 cm³/mol. The van der Waals surface area contributed by atoms with E-state index in [1.165, 1.54) is 0 Å². The van der Waals surface area contributed by atoms with E-state index in [9.17, 15) is 19.5 Å². The van der Waals surface area contributed by atoms with Crippen molar-refractivity contribution in [3.05, 3.63) is 0 Å². The van der Waals surface area contributed by atoms with Gasteiger partial charge in [0, 0.05) is 6.54 Å². The van der Waals surface area contributed by atoms with E-state index < -0.39 is 37.5 Å². The number of hydrogen-bond acceptors (Lipinski definition) is 5. The van der Waals surface area contributed by atoms with Gasteiger partial charge in [-0.25, -0.2) is 0 Å². The molecule has 0 saturated heterocycles. The number of carboxylic acids is 3. The molecule has 2 N–H and O–H groups in total. The van der Waals surface area contributed by atoms with Crippen molar-refractivity contribution in [2.24, 2.45) is 0 Å². The summed E-state index contributed by atoms with van der Waals surface area (Å²) >= 11 is 0. The lowest BCUT2D eigenvalue weighted by atomic mass is 10.4. The highest BCUT2D eigenvalue weighted by molar-refractivity contribution is 5.75. The molecular weight excluding hydrogens is 182 g/mol. The van der Waals surface area contributed by atoms with Crippen molar-refractivity contribution in [3.8, 4) is 0 Å². The van der Waals surface area contributed by atoms with Crippen LogP contribution in [-0.4, -0.2) is 52.7 Å². The monoisotopic (exact) mass is 190 g/mol. The van der Waals surface area contributed by atoms with Gasteiger partial charge in [-0.05, 0) is 0 Å². The van der Waals surface area contributed by atoms with Gasteiger partial charge in [0.1, 0.15) is 0 Å². The lowest BCUT2D eigenvalue weighted by Gasteiger charge is -2.17. The predicted octanol–water partition coefficient (Wildman–Crippen LogP) is -2.79. The first-order chi connectivity index (χ1) is 5.91. The van der Waals surface area contributed by atoms with Crippen LogP contribution in [0.2, 0.25) is 0 Å². The van der Waals surface area contributed by atoms with E-state index in [1.807, 2.05) is 0 Å². The summed E-state index contributed by atoms with van der Waals surface area (Å²) in [5.41, 5.74) is 0. The zero-order chi connectivity index (χ0) is 10.4. The molecule has 7 heteroatoms. The summed E-state index contributed by atoms with van der Waals surface area (Å²) in [5, 5.41) is 26.6. The molecule has 13 heavy (non-hydrogen) atoms. The average Bonchev–Trinajstić information content (AvgIpc) is 1.80. The number of nitrogens with zero attached hydrogens (tertiary/aromatic N) is 1. The van der Waals surface area contributed by atoms with Crippen molar-refractivity contribution >= 4 is 17.9 Å². The third kappa shape index (κ3) is 6.76. The molecule has 0 radical (unpaired) electrons. The van der Waals surface area contributed by atoms with Gasteiger partial charge in [0.2, 0.25) is 0 Å². The van der Waals surface area contributed by atoms with Crippen LogP contribution < -0.4 is 5.11 Å². The van der Waals surface area contributed by atoms with Crippen molar-refractivity contribution in [1.82, 2.24) is 4.90 Å². The Balaban J connectivity index is 4.10. The number of carbonyl (C=O) groups excluding carboxylic acids is 1. The van der Waals surface area contributed by atoms with Crippen LogP contribution in [0, 0.1) is 0 Å². The number of rotatable bonds is 6. The topological polar surface area (TPSA) is 118 Å². The zero-order valence-electron chi connectivity index (χ0n) is 6.60. The van der Waals surface area contributed by atoms with Gasteiger partial charge in [0.25, 0.3) is 0 Å². The van der Waals surface area contributed by atoms with E-state index >= 15 is 0 Å². The van der Waals surface area contributed by atoms with Crippen LogP contribution in [0.5, 0.6) is 0 Å². The summed E-state index contributed by atoms with van der Waals surface area (Å²) in [6.07, 6.45) is 0. The molecule has 0 bridgehead atoms. The van der Waals surface area contributed by atoms with E-state index in [0.717, 1.165) is 4.90 Å². The fraction of sp³-hybridized carbons (Fsp3) is 0.500. The third-order valence-corrected chi connectivity index (χ3v) is 1.07. The number of aliphatic carboxylic acids is 3. The molecule has 0 amide bonds. The smallest absolute Gasteiger partial charge is 0.317 e. The molecule has 0 aliphatic carbocycles. The third-order valence-electron chi connectivity index (χ3n) is 1.07. The summed E-state index contributed by atoms with van der Waals surface area (Å²) < 4.78 is 0. The minimum atomic E-state index is -1.51. The molecule has 0 unspecified atom stereocenters. The highest BCUT2D eigenvalue weighted by Crippen LogP contribution is 1.86. The normalized spacial score (nSPS) is 9.92. The zero-order valence-corrected chi connectivity index (χ0v) is 6.60. The highest BCUT2D eigenvalue weighted by atomic mass is 16.4. The molecular formula is C6H8NO6-. The largest absolute Gasteiger partial charge is 0.549 e. The molecule has 0 aromatic carbocycles. The minimum Gasteiger partial charge on any atom is -0.549 e. The van der Waals surface area contributed by atoms with Crippen LogP contribution in [0.15, 0.2) is 0 Å². The molecule has 7 nitrogen and oxygen atoms in total. The van der Waals surface area contributed by atoms with E-state index in [4.69, 9.17) is 10.2 Å². The molecule has 0 saturated carbocycles. The first-order valence-electron chi connectivity index (χ1n) is 3.27. The fourth-order valence-corrected chi connectivity index (χ4v) is 0.733. The number of carboxylic acid groups (broad SMARTS) is 3. The Hall–Kier alpha value is -1.63. The first-order valence-corrected chi connectivity index (χ1v) is 3.27. The second-order valence-electron chi connectivity index (χ2n) is 2.30. The van der Waals surface area contributed by atoms with Gasteiger partial charge in [-0.2, -0.15) is 0 Å². The summed E-state index contributed by atoms with van der Waals surface area (Å²) in [6.45, 7) is -1.99. The fourth-order valence-electron chi connectivity index (χ4n) is 0.733. The SMILES string of the molecule is O=C([O-])CN(CC(=O)O)CC(=O)O. The van der Waals surface area contributed by atoms with Crippen molar-refractivity contribution in [2.75, 3.05) is 19.6 Å². The number of hydrogen-bond donors (Lipinski definition) is 2. The van der Waals surface area contributed by atoms with Crippen molar-refractivity contribution < 1.29 is 29.7 Å². The number of carbonyl (C=O) groups is 3. The van der Waals surface area contributed by atoms with Gasteiger partial charge in [0.15, 0.2) is 0 Å². The van der Waals surface area contributed by atoms with E-state index in [2.05, 4.69) is 0 Å². The van der Waals surface area contributed by atoms with Crippen LogP contribution in [-0.2, 0) is 14.4 Å². The Labute approximate surface area is 73.2 Å². The average molecular weight is 190 g/mol. The summed E-state index contributed by atoms with van der Waals surface area (Å²) in [5.74, 6) is -4.09. The van der Waals surface area contributed by atoms with Crippen molar-refractivity contribution in [3.63, 3.8) is 0 Å². The maximum atomic E-state index is 10.1. The Bertz CT molecular complexity index is 187. The summed E-state index contributed by atoms with van der Waals surface area (Å²) in [4.78, 5) is 31.0. The van der Waals surface area contributed by atoms with Crippen LogP contribution in [0.4, 0.5) is 0 Å². The molecule has 0 aromatic heterocycles. The molecule has 0 atom stereocenters. The lowest BCUT2D eigenvalue weighted by Crippen LogP contribution is -2.42. The quantitative estimate of drug-likeness (QED) is 0.464. The van der Waals surface area contributed by atoms with Crippen LogP contribution in [0.3, 0.4) is 0 Å². The maximum absolute atomic E-state index is 10.1.